The number of alkyl carbamates (subject to hydrolysis) is 1. The summed E-state index contributed by atoms with van der Waals surface area (Å²) in [4.78, 5) is 29.6. The highest BCUT2D eigenvalue weighted by Gasteiger charge is 2.26. The second-order valence-electron chi connectivity index (χ2n) is 10.7. The van der Waals surface area contributed by atoms with Crippen LogP contribution in [0.3, 0.4) is 0 Å². The zero-order chi connectivity index (χ0) is 29.7. The number of tetrazole rings is 1. The summed E-state index contributed by atoms with van der Waals surface area (Å²) in [6.07, 6.45) is 0.156. The first-order chi connectivity index (χ1) is 18.6. The van der Waals surface area contributed by atoms with Gasteiger partial charge in [-0.2, -0.15) is 10.1 Å². The molecule has 0 spiro atoms. The minimum atomic E-state index is -0.880. The first kappa shape index (κ1) is 29.9. The van der Waals surface area contributed by atoms with E-state index in [1.165, 1.54) is 12.1 Å². The number of carbonyl (C=O) groups excluding carboxylic acids is 2. The second kappa shape index (κ2) is 12.0. The standard InChI is InChI=1S/C26H29F2N7O5/c1-25(2,3)39-21(36)10-16(31-24(37)40-26(4,5)6)14-35-33-22(32-34-35)18-8-7-17(11-19(18)27)38-23-20(28)9-15(12-29)13-30-23/h7-9,11,13,16H,10,14H2,1-6H3,(H,31,37)/t16-/m0/s1. The molecular weight excluding hydrogens is 528 g/mol. The van der Waals surface area contributed by atoms with E-state index in [9.17, 15) is 18.4 Å². The Labute approximate surface area is 229 Å². The highest BCUT2D eigenvalue weighted by molar-refractivity contribution is 5.73. The molecule has 0 unspecified atom stereocenters. The predicted molar refractivity (Wildman–Crippen MR) is 136 cm³/mol. The molecule has 0 aliphatic carbocycles. The number of amides is 1. The maximum absolute atomic E-state index is 14.9. The largest absolute Gasteiger partial charge is 0.460 e. The van der Waals surface area contributed by atoms with Crippen LogP contribution >= 0.6 is 0 Å². The number of rotatable bonds is 8. The van der Waals surface area contributed by atoms with Crippen molar-refractivity contribution >= 4 is 12.1 Å². The zero-order valence-electron chi connectivity index (χ0n) is 22.9. The average molecular weight is 558 g/mol. The molecule has 0 bridgehead atoms. The lowest BCUT2D eigenvalue weighted by molar-refractivity contribution is -0.155. The normalized spacial score (nSPS) is 12.3. The number of nitrogens with one attached hydrogen (secondary N) is 1. The molecule has 0 aliphatic rings. The van der Waals surface area contributed by atoms with Gasteiger partial charge in [0.2, 0.25) is 5.82 Å². The molecule has 12 nitrogen and oxygen atoms in total. The molecule has 2 aromatic heterocycles. The van der Waals surface area contributed by atoms with Gasteiger partial charge in [0.15, 0.2) is 5.82 Å². The van der Waals surface area contributed by atoms with Gasteiger partial charge < -0.3 is 19.5 Å². The Bertz CT molecular complexity index is 1390. The van der Waals surface area contributed by atoms with Gasteiger partial charge in [0, 0.05) is 12.3 Å². The fourth-order valence-corrected chi connectivity index (χ4v) is 3.26. The van der Waals surface area contributed by atoms with Crippen LogP contribution in [0.5, 0.6) is 11.6 Å². The lowest BCUT2D eigenvalue weighted by Gasteiger charge is -2.24. The van der Waals surface area contributed by atoms with Gasteiger partial charge in [0.1, 0.15) is 28.8 Å². The third-order valence-electron chi connectivity index (χ3n) is 4.72. The minimum absolute atomic E-state index is 0.00941. The van der Waals surface area contributed by atoms with Gasteiger partial charge in [-0.15, -0.1) is 10.2 Å². The molecule has 3 rings (SSSR count). The van der Waals surface area contributed by atoms with Crippen molar-refractivity contribution < 1.29 is 32.6 Å². The van der Waals surface area contributed by atoms with Crippen molar-refractivity contribution in [3.8, 4) is 29.1 Å². The Morgan fingerprint density at radius 2 is 1.77 bits per heavy atom. The number of benzene rings is 1. The smallest absolute Gasteiger partial charge is 0.407 e. The van der Waals surface area contributed by atoms with Crippen LogP contribution in [-0.4, -0.2) is 54.5 Å². The molecule has 40 heavy (non-hydrogen) atoms. The Morgan fingerprint density at radius 1 is 1.07 bits per heavy atom. The van der Waals surface area contributed by atoms with Gasteiger partial charge >= 0.3 is 12.1 Å². The van der Waals surface area contributed by atoms with Gasteiger partial charge in [0.05, 0.1) is 30.1 Å². The average Bonchev–Trinajstić information content (AvgIpc) is 3.25. The molecule has 1 aromatic carbocycles. The van der Waals surface area contributed by atoms with E-state index in [1.807, 2.05) is 0 Å². The number of nitriles is 1. The van der Waals surface area contributed by atoms with E-state index in [4.69, 9.17) is 19.5 Å². The van der Waals surface area contributed by atoms with Crippen LogP contribution in [0.15, 0.2) is 30.5 Å². The Balaban J connectivity index is 1.75. The summed E-state index contributed by atoms with van der Waals surface area (Å²) >= 11 is 0. The third-order valence-corrected chi connectivity index (χ3v) is 4.72. The molecule has 1 N–H and O–H groups in total. The van der Waals surface area contributed by atoms with Crippen molar-refractivity contribution in [2.24, 2.45) is 0 Å². The first-order valence-corrected chi connectivity index (χ1v) is 12.1. The van der Waals surface area contributed by atoms with Gasteiger partial charge in [-0.1, -0.05) is 0 Å². The number of pyridine rings is 1. The first-order valence-electron chi connectivity index (χ1n) is 12.1. The molecule has 1 atom stereocenters. The zero-order valence-corrected chi connectivity index (χ0v) is 22.9. The minimum Gasteiger partial charge on any atom is -0.460 e. The number of hydrogen-bond acceptors (Lipinski definition) is 10. The number of aromatic nitrogens is 5. The van der Waals surface area contributed by atoms with Crippen molar-refractivity contribution in [1.82, 2.24) is 30.5 Å². The van der Waals surface area contributed by atoms with Crippen molar-refractivity contribution in [2.75, 3.05) is 0 Å². The molecular formula is C26H29F2N7O5. The van der Waals surface area contributed by atoms with E-state index in [2.05, 4.69) is 25.7 Å². The lowest BCUT2D eigenvalue weighted by Crippen LogP contribution is -2.43. The van der Waals surface area contributed by atoms with Crippen molar-refractivity contribution in [3.63, 3.8) is 0 Å². The van der Waals surface area contributed by atoms with E-state index in [0.717, 1.165) is 23.1 Å². The molecule has 0 aliphatic heterocycles. The molecule has 0 fully saturated rings. The Morgan fingerprint density at radius 3 is 2.38 bits per heavy atom. The number of esters is 1. The highest BCUT2D eigenvalue weighted by Crippen LogP contribution is 2.27. The fraction of sp³-hybridized carbons (Fsp3) is 0.423. The van der Waals surface area contributed by atoms with Crippen LogP contribution in [-0.2, 0) is 20.8 Å². The van der Waals surface area contributed by atoms with Gasteiger partial charge in [-0.05, 0) is 65.0 Å². The number of hydrogen-bond donors (Lipinski definition) is 1. The third kappa shape index (κ3) is 8.97. The summed E-state index contributed by atoms with van der Waals surface area (Å²) in [5, 5.41) is 23.3. The number of carbonyl (C=O) groups is 2. The molecule has 2 heterocycles. The van der Waals surface area contributed by atoms with Crippen LogP contribution < -0.4 is 10.1 Å². The summed E-state index contributed by atoms with van der Waals surface area (Å²) in [6, 6.07) is 5.53. The molecule has 212 valence electrons. The van der Waals surface area contributed by atoms with Crippen LogP contribution in [0.25, 0.3) is 11.4 Å². The lowest BCUT2D eigenvalue weighted by atomic mass is 10.1. The van der Waals surface area contributed by atoms with E-state index in [-0.39, 0.29) is 35.7 Å². The second-order valence-corrected chi connectivity index (χ2v) is 10.7. The highest BCUT2D eigenvalue weighted by atomic mass is 19.1. The van der Waals surface area contributed by atoms with E-state index < -0.39 is 46.8 Å². The summed E-state index contributed by atoms with van der Waals surface area (Å²) in [5.74, 6) is -2.80. The maximum atomic E-state index is 14.9. The van der Waals surface area contributed by atoms with Gasteiger partial charge in [-0.3, -0.25) is 4.79 Å². The molecule has 3 aromatic rings. The van der Waals surface area contributed by atoms with E-state index in [1.54, 1.807) is 47.6 Å². The van der Waals surface area contributed by atoms with Crippen molar-refractivity contribution in [3.05, 3.63) is 47.7 Å². The van der Waals surface area contributed by atoms with E-state index >= 15 is 0 Å². The molecule has 0 radical (unpaired) electrons. The van der Waals surface area contributed by atoms with Crippen LogP contribution in [0.2, 0.25) is 0 Å². The van der Waals surface area contributed by atoms with E-state index in [0.29, 0.717) is 0 Å². The van der Waals surface area contributed by atoms with Gasteiger partial charge in [-0.25, -0.2) is 18.6 Å². The molecule has 0 saturated heterocycles. The van der Waals surface area contributed by atoms with Crippen LogP contribution in [0, 0.1) is 23.0 Å². The summed E-state index contributed by atoms with van der Waals surface area (Å²) in [5.41, 5.74) is -1.53. The van der Waals surface area contributed by atoms with Crippen LogP contribution in [0.4, 0.5) is 13.6 Å². The fourth-order valence-electron chi connectivity index (χ4n) is 3.26. The monoisotopic (exact) mass is 557 g/mol. The van der Waals surface area contributed by atoms with Crippen molar-refractivity contribution in [2.45, 2.75) is 71.8 Å². The Hall–Kier alpha value is -4.67. The molecule has 1 amide bonds. The van der Waals surface area contributed by atoms with Gasteiger partial charge in [0.25, 0.3) is 5.88 Å². The Kier molecular flexibility index (Phi) is 8.98. The van der Waals surface area contributed by atoms with Crippen molar-refractivity contribution in [1.29, 1.82) is 5.26 Å². The predicted octanol–water partition coefficient (Wildman–Crippen LogP) is 4.30. The SMILES string of the molecule is CC(C)(C)OC(=O)C[C@@H](Cn1nnc(-c2ccc(Oc3ncc(C#N)cc3F)cc2F)n1)NC(=O)OC(C)(C)C. The topological polar surface area (TPSA) is 154 Å². The molecule has 14 heteroatoms. The summed E-state index contributed by atoms with van der Waals surface area (Å²) in [6.45, 7) is 10.1. The number of halogens is 2. The quantitative estimate of drug-likeness (QED) is 0.396. The van der Waals surface area contributed by atoms with Crippen LogP contribution in [0.1, 0.15) is 53.5 Å². The number of ether oxygens (including phenoxy) is 3. The summed E-state index contributed by atoms with van der Waals surface area (Å²) < 4.78 is 44.9. The summed E-state index contributed by atoms with van der Waals surface area (Å²) in [7, 11) is 0. The maximum Gasteiger partial charge on any atom is 0.407 e. The molecule has 0 saturated carbocycles. The number of nitrogens with zero attached hydrogens (tertiary/aromatic N) is 6.